The highest BCUT2D eigenvalue weighted by Crippen LogP contribution is 2.64. The second kappa shape index (κ2) is 12.2. The van der Waals surface area contributed by atoms with E-state index in [-0.39, 0.29) is 10.8 Å². The largest absolute Gasteiger partial charge is 0.228 e. The van der Waals surface area contributed by atoms with Gasteiger partial charge in [0.05, 0.1) is 16.8 Å². The number of fused-ring (bicyclic) bond motifs is 13. The summed E-state index contributed by atoms with van der Waals surface area (Å²) in [6, 6.07) is 71.0. The Bertz CT molecular complexity index is 3030. The second-order valence-corrected chi connectivity index (χ2v) is 16.4. The Balaban J connectivity index is 1.05. The summed E-state index contributed by atoms with van der Waals surface area (Å²) < 4.78 is 0. The van der Waals surface area contributed by atoms with Crippen molar-refractivity contribution in [3.8, 4) is 78.4 Å². The molecular formula is C56H38N2. The summed E-state index contributed by atoms with van der Waals surface area (Å²) in [7, 11) is 0. The highest BCUT2D eigenvalue weighted by molar-refractivity contribution is 6.01. The van der Waals surface area contributed by atoms with E-state index < -0.39 is 0 Å². The molecule has 58 heavy (non-hydrogen) atoms. The molecule has 2 heteroatoms. The van der Waals surface area contributed by atoms with E-state index in [0.29, 0.717) is 0 Å². The first-order chi connectivity index (χ1) is 28.5. The molecule has 0 unspecified atom stereocenters. The summed E-state index contributed by atoms with van der Waals surface area (Å²) in [6.45, 7) is 4.74. The van der Waals surface area contributed by atoms with Gasteiger partial charge in [0.25, 0.3) is 0 Å². The van der Waals surface area contributed by atoms with Gasteiger partial charge in [-0.15, -0.1) is 0 Å². The number of aromatic nitrogens is 2. The van der Waals surface area contributed by atoms with E-state index in [1.807, 2.05) is 12.1 Å². The normalized spacial score (nSPS) is 14.3. The lowest BCUT2D eigenvalue weighted by molar-refractivity contribution is 0.660. The Morgan fingerprint density at radius 2 is 0.759 bits per heavy atom. The molecule has 12 rings (SSSR count). The molecule has 0 saturated carbocycles. The van der Waals surface area contributed by atoms with Gasteiger partial charge in [-0.1, -0.05) is 196 Å². The van der Waals surface area contributed by atoms with Crippen molar-refractivity contribution < 1.29 is 0 Å². The summed E-state index contributed by atoms with van der Waals surface area (Å²) in [5.74, 6) is 0.740. The molecule has 1 heterocycles. The Kier molecular flexibility index (Phi) is 6.93. The van der Waals surface area contributed by atoms with Crippen molar-refractivity contribution in [3.05, 3.63) is 228 Å². The van der Waals surface area contributed by atoms with Crippen LogP contribution in [0.2, 0.25) is 0 Å². The van der Waals surface area contributed by atoms with Gasteiger partial charge in [-0.3, -0.25) is 0 Å². The Morgan fingerprint density at radius 3 is 1.38 bits per heavy atom. The van der Waals surface area contributed by atoms with Crippen molar-refractivity contribution in [1.82, 2.24) is 9.97 Å². The lowest BCUT2D eigenvalue weighted by atomic mass is 9.70. The molecule has 0 amide bonds. The number of hydrogen-bond donors (Lipinski definition) is 0. The third-order valence-electron chi connectivity index (χ3n) is 13.1. The SMILES string of the molecule is CC1(C)c2cc(-c3cccc4c3-c3ccccc3C43c4ccccc4-c4ccccc43)ccc2-c2c(-c3nc(-c4ccccc4)cc(-c4ccccc4)n3)cccc21. The zero-order chi connectivity index (χ0) is 38.6. The van der Waals surface area contributed by atoms with Crippen LogP contribution >= 0.6 is 0 Å². The average molecular weight is 739 g/mol. The fourth-order valence-electron chi connectivity index (χ4n) is 10.6. The molecule has 0 saturated heterocycles. The average Bonchev–Trinajstić information content (AvgIpc) is 3.85. The minimum absolute atomic E-state index is 0.240. The van der Waals surface area contributed by atoms with Gasteiger partial charge in [0.15, 0.2) is 5.82 Å². The minimum Gasteiger partial charge on any atom is -0.228 e. The number of hydrogen-bond acceptors (Lipinski definition) is 2. The lowest BCUT2D eigenvalue weighted by Crippen LogP contribution is -2.25. The number of rotatable bonds is 4. The van der Waals surface area contributed by atoms with Crippen LogP contribution in [-0.2, 0) is 10.8 Å². The van der Waals surface area contributed by atoms with E-state index in [2.05, 4.69) is 196 Å². The molecule has 1 aromatic heterocycles. The van der Waals surface area contributed by atoms with Crippen LogP contribution in [0.1, 0.15) is 47.2 Å². The van der Waals surface area contributed by atoms with Gasteiger partial charge in [0.2, 0.25) is 0 Å². The van der Waals surface area contributed by atoms with E-state index >= 15 is 0 Å². The maximum Gasteiger partial charge on any atom is 0.161 e. The van der Waals surface area contributed by atoms with Crippen LogP contribution in [0.15, 0.2) is 194 Å². The predicted molar refractivity (Wildman–Crippen MR) is 238 cm³/mol. The molecular weight excluding hydrogens is 701 g/mol. The maximum absolute atomic E-state index is 5.28. The third-order valence-corrected chi connectivity index (χ3v) is 13.1. The summed E-state index contributed by atoms with van der Waals surface area (Å²) in [4.78, 5) is 10.6. The van der Waals surface area contributed by atoms with Crippen molar-refractivity contribution >= 4 is 0 Å². The van der Waals surface area contributed by atoms with Crippen molar-refractivity contribution in [2.24, 2.45) is 0 Å². The minimum atomic E-state index is -0.372. The molecule has 0 atom stereocenters. The van der Waals surface area contributed by atoms with Crippen LogP contribution in [0.5, 0.6) is 0 Å². The topological polar surface area (TPSA) is 25.8 Å². The Morgan fingerprint density at radius 1 is 0.310 bits per heavy atom. The molecule has 0 fully saturated rings. The first kappa shape index (κ1) is 33.0. The monoisotopic (exact) mass is 738 g/mol. The smallest absolute Gasteiger partial charge is 0.161 e. The molecule has 9 aromatic rings. The molecule has 0 N–H and O–H groups in total. The molecule has 3 aliphatic rings. The fourth-order valence-corrected chi connectivity index (χ4v) is 10.6. The molecule has 3 aliphatic carbocycles. The van der Waals surface area contributed by atoms with Crippen molar-refractivity contribution in [1.29, 1.82) is 0 Å². The molecule has 0 aliphatic heterocycles. The number of benzene rings is 8. The summed E-state index contributed by atoms with van der Waals surface area (Å²) >= 11 is 0. The lowest BCUT2D eigenvalue weighted by Gasteiger charge is -2.30. The molecule has 8 aromatic carbocycles. The van der Waals surface area contributed by atoms with E-state index in [1.165, 1.54) is 77.9 Å². The van der Waals surface area contributed by atoms with Gasteiger partial charge < -0.3 is 0 Å². The van der Waals surface area contributed by atoms with E-state index in [4.69, 9.17) is 9.97 Å². The van der Waals surface area contributed by atoms with Crippen LogP contribution < -0.4 is 0 Å². The summed E-state index contributed by atoms with van der Waals surface area (Å²) in [5.41, 5.74) is 22.8. The van der Waals surface area contributed by atoms with Crippen LogP contribution in [0.25, 0.3) is 78.4 Å². The highest BCUT2D eigenvalue weighted by Gasteiger charge is 2.52. The molecule has 272 valence electrons. The summed E-state index contributed by atoms with van der Waals surface area (Å²) in [6.07, 6.45) is 0. The predicted octanol–water partition coefficient (Wildman–Crippen LogP) is 13.8. The molecule has 0 radical (unpaired) electrons. The third kappa shape index (κ3) is 4.43. The van der Waals surface area contributed by atoms with Crippen molar-refractivity contribution in [2.45, 2.75) is 24.7 Å². The van der Waals surface area contributed by atoms with Gasteiger partial charge in [-0.25, -0.2) is 9.97 Å². The zero-order valence-corrected chi connectivity index (χ0v) is 32.4. The van der Waals surface area contributed by atoms with Crippen LogP contribution in [-0.4, -0.2) is 9.97 Å². The fraction of sp³-hybridized carbons (Fsp3) is 0.0714. The maximum atomic E-state index is 5.28. The first-order valence-electron chi connectivity index (χ1n) is 20.3. The standard InChI is InChI=1S/C56H38N2/c1-55(2)47-29-16-25-43(54-57-50(35-17-5-3-6-18-35)34-51(58-54)36-19-7-4-8-20-36)53(47)42-32-31-37(33-49(42)55)38-24-15-30-48-52(38)41-23-11-14-28-46(41)56(48)44-26-12-9-21-39(44)40-22-10-13-27-45(40)56/h3-34H,1-2H3. The zero-order valence-electron chi connectivity index (χ0n) is 32.4. The molecule has 0 bridgehead atoms. The first-order valence-corrected chi connectivity index (χ1v) is 20.3. The van der Waals surface area contributed by atoms with Gasteiger partial charge in [-0.2, -0.15) is 0 Å². The van der Waals surface area contributed by atoms with Crippen LogP contribution in [0.3, 0.4) is 0 Å². The van der Waals surface area contributed by atoms with Crippen molar-refractivity contribution in [2.75, 3.05) is 0 Å². The van der Waals surface area contributed by atoms with Crippen LogP contribution in [0, 0.1) is 0 Å². The highest BCUT2D eigenvalue weighted by atomic mass is 14.9. The van der Waals surface area contributed by atoms with Gasteiger partial charge in [0.1, 0.15) is 0 Å². The molecule has 1 spiro atoms. The van der Waals surface area contributed by atoms with Gasteiger partial charge >= 0.3 is 0 Å². The van der Waals surface area contributed by atoms with E-state index in [0.717, 1.165) is 33.9 Å². The quantitative estimate of drug-likeness (QED) is 0.180. The Labute approximate surface area is 339 Å². The number of nitrogens with zero attached hydrogens (tertiary/aromatic N) is 2. The summed E-state index contributed by atoms with van der Waals surface area (Å²) in [5, 5.41) is 0. The van der Waals surface area contributed by atoms with Crippen LogP contribution in [0.4, 0.5) is 0 Å². The van der Waals surface area contributed by atoms with E-state index in [1.54, 1.807) is 0 Å². The molecule has 2 nitrogen and oxygen atoms in total. The van der Waals surface area contributed by atoms with Gasteiger partial charge in [-0.05, 0) is 90.0 Å². The van der Waals surface area contributed by atoms with Crippen molar-refractivity contribution in [3.63, 3.8) is 0 Å². The van der Waals surface area contributed by atoms with Gasteiger partial charge in [0, 0.05) is 22.1 Å². The van der Waals surface area contributed by atoms with E-state index in [9.17, 15) is 0 Å². The Hall–Kier alpha value is -7.16. The second-order valence-electron chi connectivity index (χ2n) is 16.4.